The van der Waals surface area contributed by atoms with E-state index in [1.807, 2.05) is 45.0 Å². The number of hydrogen-bond donors (Lipinski definition) is 1. The Labute approximate surface area is 145 Å². The highest BCUT2D eigenvalue weighted by atomic mass is 16.6. The molecule has 0 spiro atoms. The van der Waals surface area contributed by atoms with Gasteiger partial charge in [0.25, 0.3) is 0 Å². The van der Waals surface area contributed by atoms with Gasteiger partial charge in [0.05, 0.1) is 0 Å². The molecular weight excluding hydrogens is 304 g/mol. The molecule has 0 bridgehead atoms. The van der Waals surface area contributed by atoms with Crippen molar-refractivity contribution in [2.75, 3.05) is 18.9 Å². The number of carbonyl (C=O) groups excluding carboxylic acids is 2. The van der Waals surface area contributed by atoms with E-state index < -0.39 is 5.60 Å². The fourth-order valence-electron chi connectivity index (χ4n) is 2.23. The van der Waals surface area contributed by atoms with E-state index in [-0.39, 0.29) is 12.0 Å². The lowest BCUT2D eigenvalue weighted by Crippen LogP contribution is -2.35. The van der Waals surface area contributed by atoms with Gasteiger partial charge in [-0.2, -0.15) is 0 Å². The average molecular weight is 334 g/mol. The van der Waals surface area contributed by atoms with Gasteiger partial charge in [-0.1, -0.05) is 32.0 Å². The lowest BCUT2D eigenvalue weighted by Gasteiger charge is -2.24. The Morgan fingerprint density at radius 3 is 2.42 bits per heavy atom. The molecule has 1 aromatic rings. The molecule has 2 amide bonds. The minimum atomic E-state index is -0.511. The predicted molar refractivity (Wildman–Crippen MR) is 97.3 cm³/mol. The summed E-state index contributed by atoms with van der Waals surface area (Å²) in [4.78, 5) is 25.5. The van der Waals surface area contributed by atoms with Crippen LogP contribution in [0.15, 0.2) is 24.3 Å². The molecule has 0 heterocycles. The molecule has 0 saturated heterocycles. The van der Waals surface area contributed by atoms with E-state index in [4.69, 9.17) is 4.74 Å². The third-order valence-corrected chi connectivity index (χ3v) is 3.46. The van der Waals surface area contributed by atoms with Gasteiger partial charge in [0.2, 0.25) is 5.91 Å². The molecule has 1 rings (SSSR count). The molecule has 0 fully saturated rings. The SMILES string of the molecule is CC(C)c1ccccc1NC(=O)CCCN(C)C(=O)OC(C)(C)C. The number of para-hydroxylation sites is 1. The highest BCUT2D eigenvalue weighted by molar-refractivity contribution is 5.91. The smallest absolute Gasteiger partial charge is 0.410 e. The summed E-state index contributed by atoms with van der Waals surface area (Å²) in [5.41, 5.74) is 1.47. The van der Waals surface area contributed by atoms with Gasteiger partial charge in [-0.3, -0.25) is 4.79 Å². The van der Waals surface area contributed by atoms with E-state index in [1.165, 1.54) is 4.90 Å². The number of benzene rings is 1. The molecule has 0 unspecified atom stereocenters. The molecule has 0 saturated carbocycles. The van der Waals surface area contributed by atoms with Gasteiger partial charge >= 0.3 is 6.09 Å². The first-order valence-electron chi connectivity index (χ1n) is 8.43. The van der Waals surface area contributed by atoms with Gasteiger partial charge in [0, 0.05) is 25.7 Å². The van der Waals surface area contributed by atoms with Crippen molar-refractivity contribution >= 4 is 17.7 Å². The molecule has 24 heavy (non-hydrogen) atoms. The number of nitrogens with one attached hydrogen (secondary N) is 1. The van der Waals surface area contributed by atoms with Gasteiger partial charge < -0.3 is 15.0 Å². The summed E-state index contributed by atoms with van der Waals surface area (Å²) < 4.78 is 5.28. The van der Waals surface area contributed by atoms with Crippen molar-refractivity contribution in [3.8, 4) is 0 Å². The Morgan fingerprint density at radius 1 is 1.21 bits per heavy atom. The normalized spacial score (nSPS) is 11.3. The number of anilines is 1. The minimum absolute atomic E-state index is 0.0410. The fourth-order valence-corrected chi connectivity index (χ4v) is 2.23. The predicted octanol–water partition coefficient (Wildman–Crippen LogP) is 4.40. The summed E-state index contributed by atoms with van der Waals surface area (Å²) in [6.07, 6.45) is 0.582. The van der Waals surface area contributed by atoms with Gasteiger partial charge in [-0.05, 0) is 44.7 Å². The van der Waals surface area contributed by atoms with Gasteiger partial charge in [0.15, 0.2) is 0 Å². The van der Waals surface area contributed by atoms with Crippen molar-refractivity contribution in [2.24, 2.45) is 0 Å². The average Bonchev–Trinajstić information content (AvgIpc) is 2.45. The molecule has 0 aromatic heterocycles. The number of hydrogen-bond acceptors (Lipinski definition) is 3. The van der Waals surface area contributed by atoms with Gasteiger partial charge in [0.1, 0.15) is 5.60 Å². The van der Waals surface area contributed by atoms with Crippen molar-refractivity contribution < 1.29 is 14.3 Å². The number of ether oxygens (including phenoxy) is 1. The topological polar surface area (TPSA) is 58.6 Å². The lowest BCUT2D eigenvalue weighted by molar-refractivity contribution is -0.116. The Balaban J connectivity index is 2.44. The van der Waals surface area contributed by atoms with Gasteiger partial charge in [-0.15, -0.1) is 0 Å². The zero-order valence-electron chi connectivity index (χ0n) is 15.7. The van der Waals surface area contributed by atoms with Crippen molar-refractivity contribution in [1.82, 2.24) is 4.90 Å². The van der Waals surface area contributed by atoms with E-state index in [0.29, 0.717) is 25.3 Å². The number of rotatable bonds is 6. The molecule has 0 radical (unpaired) electrons. The van der Waals surface area contributed by atoms with Crippen LogP contribution in [-0.2, 0) is 9.53 Å². The molecule has 134 valence electrons. The Kier molecular flexibility index (Phi) is 7.26. The molecule has 5 heteroatoms. The van der Waals surface area contributed by atoms with Crippen molar-refractivity contribution in [1.29, 1.82) is 0 Å². The fraction of sp³-hybridized carbons (Fsp3) is 0.579. The molecule has 0 aliphatic heterocycles. The first kappa shape index (κ1) is 20.0. The summed E-state index contributed by atoms with van der Waals surface area (Å²) >= 11 is 0. The second kappa shape index (κ2) is 8.71. The lowest BCUT2D eigenvalue weighted by atomic mass is 10.0. The van der Waals surface area contributed by atoms with Crippen LogP contribution in [0.4, 0.5) is 10.5 Å². The standard InChI is InChI=1S/C19H30N2O3/c1-14(2)15-10-7-8-11-16(15)20-17(22)12-9-13-21(6)18(23)24-19(3,4)5/h7-8,10-11,14H,9,12-13H2,1-6H3,(H,20,22). The zero-order chi connectivity index (χ0) is 18.3. The quantitative estimate of drug-likeness (QED) is 0.839. The summed E-state index contributed by atoms with van der Waals surface area (Å²) in [5, 5.41) is 2.96. The zero-order valence-corrected chi connectivity index (χ0v) is 15.7. The van der Waals surface area contributed by atoms with Crippen LogP contribution in [0.5, 0.6) is 0 Å². The van der Waals surface area contributed by atoms with Crippen LogP contribution in [0.2, 0.25) is 0 Å². The largest absolute Gasteiger partial charge is 0.444 e. The second-order valence-electron chi connectivity index (χ2n) is 7.30. The maximum Gasteiger partial charge on any atom is 0.410 e. The molecule has 0 aliphatic carbocycles. The number of nitrogens with zero attached hydrogens (tertiary/aromatic N) is 1. The third kappa shape index (κ3) is 7.02. The van der Waals surface area contributed by atoms with E-state index in [9.17, 15) is 9.59 Å². The van der Waals surface area contributed by atoms with E-state index in [2.05, 4.69) is 19.2 Å². The molecule has 0 aliphatic rings. The Hall–Kier alpha value is -2.04. The summed E-state index contributed by atoms with van der Waals surface area (Å²) in [6.45, 7) is 10.2. The van der Waals surface area contributed by atoms with Gasteiger partial charge in [-0.25, -0.2) is 4.79 Å². The Morgan fingerprint density at radius 2 is 1.83 bits per heavy atom. The monoisotopic (exact) mass is 334 g/mol. The van der Waals surface area contributed by atoms with Crippen molar-refractivity contribution in [3.63, 3.8) is 0 Å². The van der Waals surface area contributed by atoms with E-state index >= 15 is 0 Å². The van der Waals surface area contributed by atoms with E-state index in [1.54, 1.807) is 7.05 Å². The molecule has 0 atom stereocenters. The molecule has 5 nitrogen and oxygen atoms in total. The number of carbonyl (C=O) groups is 2. The first-order chi connectivity index (χ1) is 11.1. The molecular formula is C19H30N2O3. The highest BCUT2D eigenvalue weighted by Gasteiger charge is 2.19. The van der Waals surface area contributed by atoms with Crippen LogP contribution in [0.25, 0.3) is 0 Å². The summed E-state index contributed by atoms with van der Waals surface area (Å²) in [6, 6.07) is 7.83. The van der Waals surface area contributed by atoms with Crippen molar-refractivity contribution in [2.45, 2.75) is 59.0 Å². The minimum Gasteiger partial charge on any atom is -0.444 e. The van der Waals surface area contributed by atoms with Crippen LogP contribution in [0.3, 0.4) is 0 Å². The second-order valence-corrected chi connectivity index (χ2v) is 7.30. The highest BCUT2D eigenvalue weighted by Crippen LogP contribution is 2.23. The number of amides is 2. The maximum absolute atomic E-state index is 12.1. The third-order valence-electron chi connectivity index (χ3n) is 3.46. The van der Waals surface area contributed by atoms with Crippen LogP contribution in [0.1, 0.15) is 58.9 Å². The van der Waals surface area contributed by atoms with Crippen LogP contribution in [0, 0.1) is 0 Å². The van der Waals surface area contributed by atoms with Crippen molar-refractivity contribution in [3.05, 3.63) is 29.8 Å². The summed E-state index contributed by atoms with van der Waals surface area (Å²) in [5.74, 6) is 0.306. The Bertz CT molecular complexity index is 562. The molecule has 1 N–H and O–H groups in total. The van der Waals surface area contributed by atoms with Crippen LogP contribution >= 0.6 is 0 Å². The van der Waals surface area contributed by atoms with Crippen LogP contribution < -0.4 is 5.32 Å². The maximum atomic E-state index is 12.1. The molecule has 1 aromatic carbocycles. The van der Waals surface area contributed by atoms with E-state index in [0.717, 1.165) is 11.3 Å². The first-order valence-corrected chi connectivity index (χ1v) is 8.43. The van der Waals surface area contributed by atoms with Crippen LogP contribution in [-0.4, -0.2) is 36.1 Å². The summed E-state index contributed by atoms with van der Waals surface area (Å²) in [7, 11) is 1.68.